The highest BCUT2D eigenvalue weighted by atomic mass is 32.1. The summed E-state index contributed by atoms with van der Waals surface area (Å²) in [6, 6.07) is 5.73. The van der Waals surface area contributed by atoms with E-state index in [0.717, 1.165) is 43.6 Å². The van der Waals surface area contributed by atoms with Crippen molar-refractivity contribution in [3.63, 3.8) is 0 Å². The minimum atomic E-state index is 0.0455. The molecule has 10 heteroatoms. The lowest BCUT2D eigenvalue weighted by molar-refractivity contribution is 0.102. The zero-order valence-corrected chi connectivity index (χ0v) is 17.0. The molecule has 0 aliphatic heterocycles. The molecule has 150 valence electrons. The second kappa shape index (κ2) is 6.67. The van der Waals surface area contributed by atoms with Crippen LogP contribution in [0.1, 0.15) is 16.6 Å². The fraction of sp³-hybridized carbons (Fsp3) is 0.0476. The zero-order chi connectivity index (χ0) is 20.9. The summed E-state index contributed by atoms with van der Waals surface area (Å²) in [7, 11) is 0. The lowest BCUT2D eigenvalue weighted by Crippen LogP contribution is -1.84. The van der Waals surface area contributed by atoms with Crippen LogP contribution in [-0.2, 0) is 0 Å². The Kier molecular flexibility index (Phi) is 3.80. The number of nitrogens with zero attached hydrogens (tertiary/aromatic N) is 5. The Balaban J connectivity index is 1.50. The van der Waals surface area contributed by atoms with Crippen molar-refractivity contribution in [2.24, 2.45) is 0 Å². The highest BCUT2D eigenvalue weighted by Gasteiger charge is 2.17. The van der Waals surface area contributed by atoms with E-state index in [-0.39, 0.29) is 5.78 Å². The molecule has 0 amide bonds. The van der Waals surface area contributed by atoms with E-state index < -0.39 is 0 Å². The SMILES string of the molecule is CC(=O)c1ccc(-c2cncc3[nH]c(-c4n[nH]c5cnc(-c6cn[nH]c6)cc45)nc23)s1. The molecule has 6 heterocycles. The normalized spacial score (nSPS) is 11.5. The standard InChI is InChI=1S/C21H14N8OS/c1-10(30)17-2-3-18(31-17)13-7-22-8-16-19(13)27-21(26-16)20-12-4-14(11-5-24-25-6-11)23-9-15(12)28-29-20/h2-9H,1H3,(H,24,25)(H,26,27)(H,28,29). The maximum Gasteiger partial charge on any atom is 0.169 e. The molecule has 0 aliphatic rings. The van der Waals surface area contributed by atoms with E-state index in [1.165, 1.54) is 11.3 Å². The van der Waals surface area contributed by atoms with Crippen LogP contribution in [0.5, 0.6) is 0 Å². The number of aromatic nitrogens is 8. The molecule has 0 fully saturated rings. The molecule has 0 aromatic carbocycles. The number of rotatable bonds is 4. The molecule has 0 aliphatic carbocycles. The van der Waals surface area contributed by atoms with Crippen LogP contribution in [0.2, 0.25) is 0 Å². The van der Waals surface area contributed by atoms with Gasteiger partial charge in [0.15, 0.2) is 11.6 Å². The molecule has 0 atom stereocenters. The van der Waals surface area contributed by atoms with Gasteiger partial charge in [-0.25, -0.2) is 4.98 Å². The van der Waals surface area contributed by atoms with E-state index in [4.69, 9.17) is 4.98 Å². The second-order valence-electron chi connectivity index (χ2n) is 7.06. The molecular formula is C21H14N8OS. The van der Waals surface area contributed by atoms with Gasteiger partial charge in [0.05, 0.1) is 40.2 Å². The molecule has 0 bridgehead atoms. The van der Waals surface area contributed by atoms with Crippen LogP contribution in [0.15, 0.2) is 49.2 Å². The number of hydrogen-bond acceptors (Lipinski definition) is 7. The van der Waals surface area contributed by atoms with Gasteiger partial charge in [-0.1, -0.05) is 0 Å². The number of fused-ring (bicyclic) bond motifs is 2. The van der Waals surface area contributed by atoms with Crippen LogP contribution < -0.4 is 0 Å². The monoisotopic (exact) mass is 426 g/mol. The van der Waals surface area contributed by atoms with Crippen molar-refractivity contribution in [1.29, 1.82) is 0 Å². The van der Waals surface area contributed by atoms with E-state index in [9.17, 15) is 4.79 Å². The molecule has 0 radical (unpaired) electrons. The first-order valence-corrected chi connectivity index (χ1v) is 10.3. The van der Waals surface area contributed by atoms with Crippen LogP contribution in [0.25, 0.3) is 55.2 Å². The number of nitrogens with one attached hydrogen (secondary N) is 3. The van der Waals surface area contributed by atoms with Crippen LogP contribution >= 0.6 is 11.3 Å². The van der Waals surface area contributed by atoms with E-state index >= 15 is 0 Å². The van der Waals surface area contributed by atoms with Gasteiger partial charge in [0.2, 0.25) is 0 Å². The minimum Gasteiger partial charge on any atom is -0.335 e. The molecule has 0 spiro atoms. The third-order valence-corrected chi connectivity index (χ3v) is 6.30. The fourth-order valence-corrected chi connectivity index (χ4v) is 4.46. The van der Waals surface area contributed by atoms with Gasteiger partial charge in [-0.3, -0.25) is 25.0 Å². The number of carbonyl (C=O) groups is 1. The van der Waals surface area contributed by atoms with Crippen LogP contribution in [0.3, 0.4) is 0 Å². The summed E-state index contributed by atoms with van der Waals surface area (Å²) in [5.74, 6) is 0.673. The van der Waals surface area contributed by atoms with Crippen molar-refractivity contribution in [3.8, 4) is 33.2 Å². The molecule has 31 heavy (non-hydrogen) atoms. The Hall–Kier alpha value is -4.18. The first-order valence-electron chi connectivity index (χ1n) is 9.46. The smallest absolute Gasteiger partial charge is 0.169 e. The average Bonchev–Trinajstić information content (AvgIpc) is 3.58. The Morgan fingerprint density at radius 3 is 2.84 bits per heavy atom. The van der Waals surface area contributed by atoms with E-state index in [1.54, 1.807) is 37.9 Å². The van der Waals surface area contributed by atoms with E-state index in [0.29, 0.717) is 16.4 Å². The van der Waals surface area contributed by atoms with Crippen molar-refractivity contribution < 1.29 is 4.79 Å². The summed E-state index contributed by atoms with van der Waals surface area (Å²) in [5.41, 5.74) is 5.64. The van der Waals surface area contributed by atoms with Gasteiger partial charge in [-0.05, 0) is 25.1 Å². The number of Topliss-reactive ketones (excluding diaryl/α,β-unsaturated/α-hetero) is 1. The lowest BCUT2D eigenvalue weighted by Gasteiger charge is -1.98. The first kappa shape index (κ1) is 17.7. The topological polar surface area (TPSA) is 129 Å². The average molecular weight is 426 g/mol. The maximum atomic E-state index is 11.7. The molecule has 9 nitrogen and oxygen atoms in total. The largest absolute Gasteiger partial charge is 0.335 e. The van der Waals surface area contributed by atoms with Crippen molar-refractivity contribution in [2.45, 2.75) is 6.92 Å². The molecule has 0 saturated heterocycles. The van der Waals surface area contributed by atoms with Crippen LogP contribution in [0.4, 0.5) is 0 Å². The van der Waals surface area contributed by atoms with Gasteiger partial charge in [-0.2, -0.15) is 10.2 Å². The van der Waals surface area contributed by atoms with Crippen molar-refractivity contribution in [2.75, 3.05) is 0 Å². The number of pyridine rings is 2. The Morgan fingerprint density at radius 1 is 1.10 bits per heavy atom. The Labute approximate surface area is 178 Å². The number of thiophene rings is 1. The summed E-state index contributed by atoms with van der Waals surface area (Å²) in [6.07, 6.45) is 8.78. The fourth-order valence-electron chi connectivity index (χ4n) is 3.54. The van der Waals surface area contributed by atoms with Gasteiger partial charge in [-0.15, -0.1) is 11.3 Å². The van der Waals surface area contributed by atoms with Crippen molar-refractivity contribution >= 4 is 39.1 Å². The first-order chi connectivity index (χ1) is 15.2. The number of hydrogen-bond donors (Lipinski definition) is 3. The Morgan fingerprint density at radius 2 is 2.03 bits per heavy atom. The predicted octanol–water partition coefficient (Wildman–Crippen LogP) is 4.22. The zero-order valence-electron chi connectivity index (χ0n) is 16.2. The van der Waals surface area contributed by atoms with Crippen molar-refractivity contribution in [1.82, 2.24) is 40.3 Å². The van der Waals surface area contributed by atoms with Gasteiger partial charge < -0.3 is 4.98 Å². The van der Waals surface area contributed by atoms with Gasteiger partial charge in [0, 0.05) is 33.8 Å². The molecule has 0 unspecified atom stereocenters. The molecule has 0 saturated carbocycles. The Bertz CT molecular complexity index is 1570. The number of carbonyl (C=O) groups excluding carboxylic acids is 1. The number of imidazole rings is 1. The maximum absolute atomic E-state index is 11.7. The van der Waals surface area contributed by atoms with Gasteiger partial charge in [0.25, 0.3) is 0 Å². The summed E-state index contributed by atoms with van der Waals surface area (Å²) in [4.78, 5) is 30.3. The summed E-state index contributed by atoms with van der Waals surface area (Å²) in [6.45, 7) is 1.57. The second-order valence-corrected chi connectivity index (χ2v) is 8.15. The molecule has 6 aromatic heterocycles. The van der Waals surface area contributed by atoms with Gasteiger partial charge >= 0.3 is 0 Å². The highest BCUT2D eigenvalue weighted by Crippen LogP contribution is 2.34. The van der Waals surface area contributed by atoms with E-state index in [2.05, 4.69) is 35.3 Å². The van der Waals surface area contributed by atoms with E-state index in [1.807, 2.05) is 18.2 Å². The quantitative estimate of drug-likeness (QED) is 0.362. The predicted molar refractivity (Wildman–Crippen MR) is 118 cm³/mol. The minimum absolute atomic E-state index is 0.0455. The third-order valence-electron chi connectivity index (χ3n) is 5.08. The van der Waals surface area contributed by atoms with Crippen molar-refractivity contribution in [3.05, 3.63) is 54.1 Å². The summed E-state index contributed by atoms with van der Waals surface area (Å²) >= 11 is 1.44. The summed E-state index contributed by atoms with van der Waals surface area (Å²) < 4.78 is 0. The summed E-state index contributed by atoms with van der Waals surface area (Å²) in [5, 5.41) is 15.2. The van der Waals surface area contributed by atoms with Crippen LogP contribution in [0, 0.1) is 0 Å². The van der Waals surface area contributed by atoms with Crippen LogP contribution in [-0.4, -0.2) is 46.1 Å². The molecule has 3 N–H and O–H groups in total. The molecule has 6 rings (SSSR count). The van der Waals surface area contributed by atoms with Gasteiger partial charge in [0.1, 0.15) is 11.2 Å². The number of H-pyrrole nitrogens is 3. The number of aromatic amines is 3. The third kappa shape index (κ3) is 2.84. The molecule has 6 aromatic rings. The highest BCUT2D eigenvalue weighted by molar-refractivity contribution is 7.17. The number of ketones is 1. The lowest BCUT2D eigenvalue weighted by atomic mass is 10.1. The molecular weight excluding hydrogens is 412 g/mol.